The molecule has 10 heteroatoms. The van der Waals surface area contributed by atoms with Crippen molar-refractivity contribution >= 4 is 23.4 Å². The third-order valence-corrected chi connectivity index (χ3v) is 11.3. The van der Waals surface area contributed by atoms with Gasteiger partial charge in [-0.15, -0.1) is 0 Å². The quantitative estimate of drug-likeness (QED) is 0.107. The first kappa shape index (κ1) is 36.4. The Bertz CT molecular complexity index is 1890. The number of imide groups is 1. The summed E-state index contributed by atoms with van der Waals surface area (Å²) in [4.78, 5) is 38.4. The van der Waals surface area contributed by atoms with Crippen molar-refractivity contribution in [2.75, 3.05) is 31.6 Å². The molecule has 4 aliphatic rings. The van der Waals surface area contributed by atoms with E-state index in [1.807, 2.05) is 43.3 Å². The highest BCUT2D eigenvalue weighted by Gasteiger charge is 2.39. The van der Waals surface area contributed by atoms with Gasteiger partial charge in [0.2, 0.25) is 11.8 Å². The van der Waals surface area contributed by atoms with E-state index in [9.17, 15) is 24.6 Å². The topological polar surface area (TPSA) is 140 Å². The molecule has 2 heterocycles. The van der Waals surface area contributed by atoms with Crippen LogP contribution < -0.4 is 20.7 Å². The summed E-state index contributed by atoms with van der Waals surface area (Å²) < 4.78 is 6.09. The highest BCUT2D eigenvalue weighted by Crippen LogP contribution is 2.47. The number of allylic oxidation sites excluding steroid dienone is 4. The predicted octanol–water partition coefficient (Wildman–Crippen LogP) is 5.59. The molecular formula is C43H50N4O6. The number of fused-ring (bicyclic) bond motifs is 2. The summed E-state index contributed by atoms with van der Waals surface area (Å²) in [6, 6.07) is 19.2. The van der Waals surface area contributed by atoms with Crippen molar-refractivity contribution in [3.63, 3.8) is 0 Å². The molecule has 2 aliphatic heterocycles. The van der Waals surface area contributed by atoms with Crippen LogP contribution in [-0.4, -0.2) is 70.7 Å². The van der Waals surface area contributed by atoms with Crippen molar-refractivity contribution in [2.24, 2.45) is 11.8 Å². The van der Waals surface area contributed by atoms with Crippen molar-refractivity contribution in [3.05, 3.63) is 113 Å². The molecule has 3 aromatic carbocycles. The third-order valence-electron chi connectivity index (χ3n) is 11.3. The first-order valence-electron chi connectivity index (χ1n) is 19.0. The Labute approximate surface area is 311 Å². The summed E-state index contributed by atoms with van der Waals surface area (Å²) in [5.41, 5.74) is 5.26. The van der Waals surface area contributed by atoms with E-state index >= 15 is 0 Å². The van der Waals surface area contributed by atoms with E-state index in [4.69, 9.17) is 4.74 Å². The molecule has 2 aliphatic carbocycles. The predicted molar refractivity (Wildman–Crippen MR) is 204 cm³/mol. The van der Waals surface area contributed by atoms with Gasteiger partial charge in [-0.05, 0) is 122 Å². The first-order chi connectivity index (χ1) is 25.6. The third kappa shape index (κ3) is 8.50. The number of aryl methyl sites for hydroxylation is 1. The molecule has 0 saturated carbocycles. The van der Waals surface area contributed by atoms with Crippen molar-refractivity contribution < 1.29 is 29.3 Å². The molecular weight excluding hydrogens is 668 g/mol. The van der Waals surface area contributed by atoms with Crippen molar-refractivity contribution in [2.45, 2.75) is 76.0 Å². The molecule has 1 fully saturated rings. The number of anilines is 1. The second-order valence-corrected chi connectivity index (χ2v) is 15.1. The van der Waals surface area contributed by atoms with E-state index in [0.717, 1.165) is 36.3 Å². The number of nitrogens with zero attached hydrogens (tertiary/aromatic N) is 1. The number of phenolic OH excluding ortho intramolecular Hbond substituents is 1. The van der Waals surface area contributed by atoms with Gasteiger partial charge in [-0.2, -0.15) is 0 Å². The molecule has 3 unspecified atom stereocenters. The van der Waals surface area contributed by atoms with Gasteiger partial charge in [-0.25, -0.2) is 0 Å². The first-order valence-corrected chi connectivity index (χ1v) is 19.0. The minimum absolute atomic E-state index is 0.179. The Hall–Kier alpha value is -4.93. The van der Waals surface area contributed by atoms with E-state index in [-0.39, 0.29) is 24.2 Å². The molecule has 3 aromatic rings. The van der Waals surface area contributed by atoms with E-state index in [0.29, 0.717) is 75.2 Å². The van der Waals surface area contributed by atoms with E-state index in [1.54, 1.807) is 11.0 Å². The summed E-state index contributed by atoms with van der Waals surface area (Å²) in [7, 11) is 0. The molecule has 53 heavy (non-hydrogen) atoms. The number of hydrogen-bond acceptors (Lipinski definition) is 8. The molecule has 1 saturated heterocycles. The Morgan fingerprint density at radius 2 is 1.77 bits per heavy atom. The Morgan fingerprint density at radius 3 is 2.57 bits per heavy atom. The van der Waals surface area contributed by atoms with Crippen LogP contribution >= 0.6 is 0 Å². The largest absolute Gasteiger partial charge is 0.508 e. The average Bonchev–Trinajstić information content (AvgIpc) is 3.47. The van der Waals surface area contributed by atoms with Gasteiger partial charge in [0.05, 0.1) is 12.2 Å². The molecule has 7 rings (SSSR count). The maximum Gasteiger partial charge on any atom is 0.255 e. The van der Waals surface area contributed by atoms with Crippen LogP contribution in [0.1, 0.15) is 84.0 Å². The molecule has 0 aromatic heterocycles. The smallest absolute Gasteiger partial charge is 0.255 e. The number of carbonyl (C=O) groups excluding carboxylic acids is 3. The average molecular weight is 719 g/mol. The number of ether oxygens (including phenoxy) is 1. The fraction of sp³-hybridized carbons (Fsp3) is 0.419. The Balaban J connectivity index is 0.835. The van der Waals surface area contributed by atoms with Gasteiger partial charge in [0.1, 0.15) is 17.5 Å². The van der Waals surface area contributed by atoms with Crippen molar-refractivity contribution in [3.8, 4) is 11.5 Å². The molecule has 5 atom stereocenters. The van der Waals surface area contributed by atoms with Crippen molar-refractivity contribution in [1.82, 2.24) is 15.5 Å². The van der Waals surface area contributed by atoms with Crippen molar-refractivity contribution in [1.29, 1.82) is 0 Å². The van der Waals surface area contributed by atoms with Gasteiger partial charge in [-0.1, -0.05) is 42.5 Å². The maximum atomic E-state index is 12.9. The van der Waals surface area contributed by atoms with Gasteiger partial charge in [-0.3, -0.25) is 19.7 Å². The van der Waals surface area contributed by atoms with E-state index < -0.39 is 17.6 Å². The van der Waals surface area contributed by atoms with E-state index in [1.165, 1.54) is 16.7 Å². The number of benzene rings is 3. The van der Waals surface area contributed by atoms with Crippen LogP contribution in [0.3, 0.4) is 0 Å². The highest BCUT2D eigenvalue weighted by atomic mass is 16.5. The normalized spacial score (nSPS) is 23.3. The van der Waals surface area contributed by atoms with Crippen LogP contribution in [0.5, 0.6) is 11.5 Å². The fourth-order valence-corrected chi connectivity index (χ4v) is 8.38. The summed E-state index contributed by atoms with van der Waals surface area (Å²) >= 11 is 0. The maximum absolute atomic E-state index is 12.9. The minimum atomic E-state index is -0.881. The lowest BCUT2D eigenvalue weighted by Crippen LogP contribution is -2.52. The zero-order valence-electron chi connectivity index (χ0n) is 30.4. The Morgan fingerprint density at radius 1 is 0.925 bits per heavy atom. The van der Waals surface area contributed by atoms with Gasteiger partial charge in [0, 0.05) is 49.6 Å². The van der Waals surface area contributed by atoms with Gasteiger partial charge in [0.15, 0.2) is 0 Å². The summed E-state index contributed by atoms with van der Waals surface area (Å²) in [6.45, 7) is 4.60. The lowest BCUT2D eigenvalue weighted by molar-refractivity contribution is -0.136. The van der Waals surface area contributed by atoms with Crippen LogP contribution in [0, 0.1) is 11.8 Å². The highest BCUT2D eigenvalue weighted by molar-refractivity contribution is 6.05. The van der Waals surface area contributed by atoms with Gasteiger partial charge in [0.25, 0.3) is 5.91 Å². The van der Waals surface area contributed by atoms with Crippen LogP contribution in [0.2, 0.25) is 0 Å². The number of nitrogens with one attached hydrogen (secondary N) is 3. The number of rotatable bonds is 14. The summed E-state index contributed by atoms with van der Waals surface area (Å²) in [5, 5.41) is 30.3. The van der Waals surface area contributed by atoms with Crippen LogP contribution in [-0.2, 0) is 22.6 Å². The summed E-state index contributed by atoms with van der Waals surface area (Å²) in [5.74, 6) is 1.43. The summed E-state index contributed by atoms with van der Waals surface area (Å²) in [6.07, 6.45) is 13.7. The molecule has 0 radical (unpaired) electrons. The monoisotopic (exact) mass is 718 g/mol. The van der Waals surface area contributed by atoms with E-state index in [2.05, 4.69) is 58.5 Å². The Kier molecular flexibility index (Phi) is 11.0. The number of phenols is 1. The molecule has 278 valence electrons. The van der Waals surface area contributed by atoms with Crippen LogP contribution in [0.15, 0.2) is 85.0 Å². The fourth-order valence-electron chi connectivity index (χ4n) is 8.38. The lowest BCUT2D eigenvalue weighted by Gasteiger charge is -2.38. The molecule has 0 spiro atoms. The number of hydrogen-bond donors (Lipinski definition) is 5. The number of piperidine rings is 1. The van der Waals surface area contributed by atoms with Gasteiger partial charge >= 0.3 is 0 Å². The number of carbonyl (C=O) groups is 3. The molecule has 10 nitrogen and oxygen atoms in total. The zero-order chi connectivity index (χ0) is 37.0. The number of aromatic hydroxyl groups is 1. The lowest BCUT2D eigenvalue weighted by atomic mass is 9.66. The van der Waals surface area contributed by atoms with Gasteiger partial charge < -0.3 is 30.5 Å². The molecule has 5 N–H and O–H groups in total. The second kappa shape index (κ2) is 16.0. The van der Waals surface area contributed by atoms with Crippen LogP contribution in [0.25, 0.3) is 0 Å². The number of aliphatic hydroxyl groups is 1. The molecule has 3 amide bonds. The molecule has 0 bridgehead atoms. The van der Waals surface area contributed by atoms with Crippen LogP contribution in [0.4, 0.5) is 5.69 Å². The number of amides is 3. The SMILES string of the molecule is CC(O)(CCNCCNc1ccc2c(c1)CN(C1CCC(=O)NC1=O)C2=O)CCOc1ccc([C@@H]2c3ccc(O)cc3CC[C@@H]2C2C=CC=CC2)cc1. The second-order valence-electron chi connectivity index (χ2n) is 15.1. The zero-order valence-corrected chi connectivity index (χ0v) is 30.4. The standard InChI is InChI=1S/C43H50N4O6/c1-43(52,19-21-44-22-23-45-32-10-15-37-31(25-32)27-47(42(37)51)38-17-18-39(49)46-41(38)50)20-24-53-34-12-7-29(8-13-34)40-35(28-5-3-2-4-6-28)14-9-30-26-33(48)11-16-36(30)40/h2-5,7-8,10-13,15-16,25-26,28,35,38,40,44-45,48,52H,6,9,14,17-24,27H2,1H3,(H,46,49,50)/t28?,35-,38?,40+,43?/m1/s1. The minimum Gasteiger partial charge on any atom is -0.508 e.